The first-order chi connectivity index (χ1) is 16.9. The van der Waals surface area contributed by atoms with E-state index in [-0.39, 0.29) is 6.61 Å². The number of hydrogen-bond acceptors (Lipinski definition) is 7. The second kappa shape index (κ2) is 9.03. The van der Waals surface area contributed by atoms with Gasteiger partial charge in [-0.1, -0.05) is 11.2 Å². The highest BCUT2D eigenvalue weighted by Crippen LogP contribution is 2.40. The highest BCUT2D eigenvalue weighted by molar-refractivity contribution is 6.06. The molecule has 0 saturated carbocycles. The van der Waals surface area contributed by atoms with Crippen molar-refractivity contribution in [2.75, 3.05) is 13.7 Å². The first kappa shape index (κ1) is 22.9. The molecule has 0 fully saturated rings. The number of hydrogen-bond donors (Lipinski definition) is 0. The number of imidazole rings is 1. The number of alkyl halides is 2. The quantitative estimate of drug-likeness (QED) is 0.295. The Bertz CT molecular complexity index is 1500. The van der Waals surface area contributed by atoms with Crippen molar-refractivity contribution in [3.63, 3.8) is 0 Å². The zero-order chi connectivity index (χ0) is 24.7. The summed E-state index contributed by atoms with van der Waals surface area (Å²) in [5.41, 5.74) is 5.00. The fourth-order valence-corrected chi connectivity index (χ4v) is 4.43. The molecular weight excluding hydrogens is 456 g/mol. The van der Waals surface area contributed by atoms with Crippen LogP contribution in [0.1, 0.15) is 24.4 Å². The predicted molar refractivity (Wildman–Crippen MR) is 126 cm³/mol. The monoisotopic (exact) mass is 479 g/mol. The molecule has 35 heavy (non-hydrogen) atoms. The van der Waals surface area contributed by atoms with Crippen LogP contribution in [0, 0.1) is 13.8 Å². The number of aryl methyl sites for hydroxylation is 2. The lowest BCUT2D eigenvalue weighted by Crippen LogP contribution is -2.16. The van der Waals surface area contributed by atoms with Crippen LogP contribution in [0.2, 0.25) is 0 Å². The van der Waals surface area contributed by atoms with Crippen LogP contribution in [-0.2, 0) is 4.74 Å². The average molecular weight is 479 g/mol. The molecule has 0 radical (unpaired) electrons. The third-order valence-electron chi connectivity index (χ3n) is 5.94. The van der Waals surface area contributed by atoms with Crippen LogP contribution < -0.4 is 4.74 Å². The normalized spacial score (nSPS) is 12.7. The molecule has 1 unspecified atom stereocenters. The number of aromatic nitrogens is 5. The molecule has 0 aliphatic rings. The molecule has 8 nitrogen and oxygen atoms in total. The second-order valence-corrected chi connectivity index (χ2v) is 8.22. The van der Waals surface area contributed by atoms with Crippen molar-refractivity contribution in [2.24, 2.45) is 0 Å². The minimum atomic E-state index is -2.87. The van der Waals surface area contributed by atoms with Crippen molar-refractivity contribution in [3.05, 3.63) is 54.2 Å². The molecule has 0 amide bonds. The van der Waals surface area contributed by atoms with E-state index in [4.69, 9.17) is 14.2 Å². The Morgan fingerprint density at radius 3 is 2.60 bits per heavy atom. The number of halogens is 2. The Balaban J connectivity index is 1.80. The number of methoxy groups -OCH3 is 1. The lowest BCUT2D eigenvalue weighted by Gasteiger charge is -2.18. The summed E-state index contributed by atoms with van der Waals surface area (Å²) < 4.78 is 43.4. The van der Waals surface area contributed by atoms with Gasteiger partial charge in [0.2, 0.25) is 0 Å². The molecule has 4 aromatic heterocycles. The summed E-state index contributed by atoms with van der Waals surface area (Å²) in [7, 11) is 1.59. The highest BCUT2D eigenvalue weighted by Gasteiger charge is 2.24. The van der Waals surface area contributed by atoms with Gasteiger partial charge in [0.1, 0.15) is 22.7 Å². The minimum Gasteiger partial charge on any atom is -0.496 e. The van der Waals surface area contributed by atoms with Gasteiger partial charge in [-0.2, -0.15) is 8.78 Å². The molecule has 10 heteroatoms. The van der Waals surface area contributed by atoms with Crippen LogP contribution in [0.25, 0.3) is 44.6 Å². The van der Waals surface area contributed by atoms with Gasteiger partial charge >= 0.3 is 6.61 Å². The molecule has 0 bridgehead atoms. The van der Waals surface area contributed by atoms with E-state index in [1.54, 1.807) is 32.5 Å². The molecule has 5 aromatic rings. The van der Waals surface area contributed by atoms with Gasteiger partial charge in [-0.25, -0.2) is 4.98 Å². The Morgan fingerprint density at radius 1 is 1.11 bits per heavy atom. The molecule has 5 rings (SSSR count). The van der Waals surface area contributed by atoms with E-state index in [0.29, 0.717) is 34.1 Å². The zero-order valence-corrected chi connectivity index (χ0v) is 19.6. The van der Waals surface area contributed by atoms with Crippen molar-refractivity contribution < 1.29 is 22.8 Å². The Morgan fingerprint density at radius 2 is 1.94 bits per heavy atom. The molecule has 4 heterocycles. The Labute approximate surface area is 199 Å². The summed E-state index contributed by atoms with van der Waals surface area (Å²) in [6.07, 6.45) is 3.33. The molecule has 0 aliphatic heterocycles. The Kier molecular flexibility index (Phi) is 5.89. The van der Waals surface area contributed by atoms with E-state index in [1.807, 2.05) is 42.7 Å². The van der Waals surface area contributed by atoms with Gasteiger partial charge < -0.3 is 18.6 Å². The van der Waals surface area contributed by atoms with Crippen molar-refractivity contribution in [2.45, 2.75) is 33.4 Å². The van der Waals surface area contributed by atoms with Gasteiger partial charge in [-0.05, 0) is 45.0 Å². The fourth-order valence-electron chi connectivity index (χ4n) is 4.43. The Hall–Kier alpha value is -3.92. The molecule has 0 spiro atoms. The van der Waals surface area contributed by atoms with Gasteiger partial charge in [0.05, 0.1) is 48.2 Å². The maximum atomic E-state index is 12.9. The van der Waals surface area contributed by atoms with Crippen LogP contribution in [0.4, 0.5) is 8.78 Å². The second-order valence-electron chi connectivity index (χ2n) is 8.22. The summed E-state index contributed by atoms with van der Waals surface area (Å²) >= 11 is 0. The summed E-state index contributed by atoms with van der Waals surface area (Å²) in [6, 6.07) is 8.80. The molecule has 0 saturated heterocycles. The molecule has 1 aromatic carbocycles. The maximum Gasteiger partial charge on any atom is 0.345 e. The largest absolute Gasteiger partial charge is 0.496 e. The molecule has 0 aliphatic carbocycles. The SMILES string of the molecule is COc1cc2c(cc1-c1c(C)noc1C)ncc1nc(-c3ccccn3)n(C(C)COC(F)F)c12. The summed E-state index contributed by atoms with van der Waals surface area (Å²) in [5.74, 6) is 1.81. The van der Waals surface area contributed by atoms with E-state index < -0.39 is 12.7 Å². The van der Waals surface area contributed by atoms with Gasteiger partial charge in [-0.15, -0.1) is 0 Å². The van der Waals surface area contributed by atoms with Crippen LogP contribution in [-0.4, -0.2) is 45.0 Å². The van der Waals surface area contributed by atoms with Crippen molar-refractivity contribution >= 4 is 21.9 Å². The van der Waals surface area contributed by atoms with E-state index in [2.05, 4.69) is 19.9 Å². The maximum absolute atomic E-state index is 12.9. The average Bonchev–Trinajstić information content (AvgIpc) is 3.42. The molecular formula is C25H23F2N5O3. The first-order valence-corrected chi connectivity index (χ1v) is 11.0. The van der Waals surface area contributed by atoms with Crippen LogP contribution in [0.5, 0.6) is 5.75 Å². The van der Waals surface area contributed by atoms with Crippen LogP contribution in [0.15, 0.2) is 47.2 Å². The van der Waals surface area contributed by atoms with Gasteiger partial charge in [0.15, 0.2) is 5.82 Å². The van der Waals surface area contributed by atoms with Gasteiger partial charge in [-0.3, -0.25) is 9.97 Å². The van der Waals surface area contributed by atoms with E-state index in [9.17, 15) is 8.78 Å². The zero-order valence-electron chi connectivity index (χ0n) is 19.6. The summed E-state index contributed by atoms with van der Waals surface area (Å²) in [6.45, 7) is 2.43. The number of pyridine rings is 2. The summed E-state index contributed by atoms with van der Waals surface area (Å²) in [5, 5.41) is 4.82. The molecule has 1 atom stereocenters. The smallest absolute Gasteiger partial charge is 0.345 e. The number of rotatable bonds is 7. The number of nitrogens with zero attached hydrogens (tertiary/aromatic N) is 5. The lowest BCUT2D eigenvalue weighted by molar-refractivity contribution is -0.135. The topological polar surface area (TPSA) is 88.1 Å². The van der Waals surface area contributed by atoms with E-state index in [1.165, 1.54) is 0 Å². The first-order valence-electron chi connectivity index (χ1n) is 11.0. The molecule has 0 N–H and O–H groups in total. The fraction of sp³-hybridized carbons (Fsp3) is 0.280. The van der Waals surface area contributed by atoms with Crippen LogP contribution >= 0.6 is 0 Å². The lowest BCUT2D eigenvalue weighted by atomic mass is 10.0. The van der Waals surface area contributed by atoms with Gasteiger partial charge in [0, 0.05) is 17.1 Å². The number of fused-ring (bicyclic) bond motifs is 3. The predicted octanol–water partition coefficient (Wildman–Crippen LogP) is 5.73. The third-order valence-corrected chi connectivity index (χ3v) is 5.94. The van der Waals surface area contributed by atoms with Crippen LogP contribution in [0.3, 0.4) is 0 Å². The van der Waals surface area contributed by atoms with Gasteiger partial charge in [0.25, 0.3) is 0 Å². The minimum absolute atomic E-state index is 0.207. The van der Waals surface area contributed by atoms with Crippen molar-refractivity contribution in [1.82, 2.24) is 24.7 Å². The molecule has 180 valence electrons. The standard InChI is InChI=1S/C25H23F2N5O3/c1-13(12-34-25(26)27)32-23-16-10-21(33-4)17(22-14(2)31-35-15(22)3)9-19(16)29-11-20(23)30-24(32)18-7-5-6-8-28-18/h5-11,13,25H,12H2,1-4H3. The number of ether oxygens (including phenoxy) is 2. The van der Waals surface area contributed by atoms with Crippen molar-refractivity contribution in [3.8, 4) is 28.4 Å². The van der Waals surface area contributed by atoms with E-state index >= 15 is 0 Å². The summed E-state index contributed by atoms with van der Waals surface area (Å²) in [4.78, 5) is 13.8. The number of benzene rings is 1. The van der Waals surface area contributed by atoms with Crippen molar-refractivity contribution in [1.29, 1.82) is 0 Å². The highest BCUT2D eigenvalue weighted by atomic mass is 19.3. The van der Waals surface area contributed by atoms with E-state index in [0.717, 1.165) is 27.7 Å². The third kappa shape index (κ3) is 3.99.